The smallest absolute Gasteiger partial charge is 0.167 e. The van der Waals surface area contributed by atoms with E-state index in [1.807, 2.05) is 38.1 Å². The van der Waals surface area contributed by atoms with Crippen molar-refractivity contribution in [2.75, 3.05) is 0 Å². The second-order valence-corrected chi connectivity index (χ2v) is 4.65. The zero-order chi connectivity index (χ0) is 14.3. The molecule has 0 saturated carbocycles. The second kappa shape index (κ2) is 7.85. The van der Waals surface area contributed by atoms with Gasteiger partial charge in [0.25, 0.3) is 0 Å². The van der Waals surface area contributed by atoms with Crippen LogP contribution in [0.1, 0.15) is 29.8 Å². The first-order valence-electron chi connectivity index (χ1n) is 6.18. The van der Waals surface area contributed by atoms with Crippen molar-refractivity contribution in [2.24, 2.45) is 0 Å². The number of carbonyl (C=O) groups excluding carboxylic acids is 1. The maximum absolute atomic E-state index is 12.7. The lowest BCUT2D eigenvalue weighted by molar-refractivity contribution is 0.0993. The molecule has 0 N–H and O–H groups in total. The van der Waals surface area contributed by atoms with Crippen LogP contribution in [-0.4, -0.2) is 5.78 Å². The van der Waals surface area contributed by atoms with Gasteiger partial charge in [-0.3, -0.25) is 4.79 Å². The number of halogens is 2. The van der Waals surface area contributed by atoms with Crippen LogP contribution in [0.5, 0.6) is 0 Å². The van der Waals surface area contributed by atoms with Gasteiger partial charge in [-0.15, -0.1) is 0 Å². The van der Waals surface area contributed by atoms with Crippen LogP contribution >= 0.6 is 15.9 Å². The number of hydrogen-bond acceptors (Lipinski definition) is 1. The molecule has 1 nitrogen and oxygen atoms in total. The molecule has 0 aliphatic carbocycles. The summed E-state index contributed by atoms with van der Waals surface area (Å²) in [6.07, 6.45) is 0.332. The Morgan fingerprint density at radius 3 is 2.05 bits per heavy atom. The molecule has 0 spiro atoms. The van der Waals surface area contributed by atoms with E-state index < -0.39 is 0 Å². The average molecular weight is 323 g/mol. The summed E-state index contributed by atoms with van der Waals surface area (Å²) in [4.78, 5) is 11.9. The molecule has 2 aromatic carbocycles. The van der Waals surface area contributed by atoms with Crippen LogP contribution in [0.15, 0.2) is 53.0 Å². The maximum Gasteiger partial charge on any atom is 0.167 e. The lowest BCUT2D eigenvalue weighted by Gasteiger charge is -2.01. The Morgan fingerprint density at radius 1 is 1.00 bits per heavy atom. The van der Waals surface area contributed by atoms with E-state index in [4.69, 9.17) is 0 Å². The van der Waals surface area contributed by atoms with E-state index >= 15 is 0 Å². The Kier molecular flexibility index (Phi) is 6.43. The van der Waals surface area contributed by atoms with Crippen molar-refractivity contribution in [3.05, 3.63) is 69.9 Å². The zero-order valence-corrected chi connectivity index (χ0v) is 12.6. The molecular formula is C16H16BrFO. The van der Waals surface area contributed by atoms with Gasteiger partial charge in [0.1, 0.15) is 5.82 Å². The van der Waals surface area contributed by atoms with Gasteiger partial charge in [0.2, 0.25) is 0 Å². The first kappa shape index (κ1) is 15.6. The van der Waals surface area contributed by atoms with Gasteiger partial charge in [0.05, 0.1) is 0 Å². The van der Waals surface area contributed by atoms with Gasteiger partial charge in [-0.1, -0.05) is 41.9 Å². The monoisotopic (exact) mass is 322 g/mol. The topological polar surface area (TPSA) is 17.1 Å². The predicted octanol–water partition coefficient (Wildman–Crippen LogP) is 5.04. The molecule has 0 aromatic heterocycles. The van der Waals surface area contributed by atoms with E-state index in [0.29, 0.717) is 12.0 Å². The summed E-state index contributed by atoms with van der Waals surface area (Å²) in [6, 6.07) is 13.2. The van der Waals surface area contributed by atoms with Crippen molar-refractivity contribution in [3.8, 4) is 0 Å². The molecule has 0 amide bonds. The van der Waals surface area contributed by atoms with Crippen LogP contribution in [-0.2, 0) is 6.42 Å². The van der Waals surface area contributed by atoms with Crippen molar-refractivity contribution < 1.29 is 9.18 Å². The molecule has 3 heteroatoms. The number of benzene rings is 2. The lowest BCUT2D eigenvalue weighted by atomic mass is 10.0. The SMILES string of the molecule is CC.O=C(Cc1ccc(Br)cc1)c1ccc(F)cc1. The standard InChI is InChI=1S/C14H10BrFO.C2H6/c15-12-5-1-10(2-6-12)9-14(17)11-3-7-13(16)8-4-11;1-2/h1-8H,9H2;1-2H3. The summed E-state index contributed by atoms with van der Waals surface area (Å²) >= 11 is 3.34. The second-order valence-electron chi connectivity index (χ2n) is 3.73. The third-order valence-electron chi connectivity index (χ3n) is 2.44. The minimum Gasteiger partial charge on any atom is -0.294 e. The van der Waals surface area contributed by atoms with Crippen molar-refractivity contribution in [1.82, 2.24) is 0 Å². The minimum absolute atomic E-state index is 0.00711. The molecule has 0 atom stereocenters. The van der Waals surface area contributed by atoms with Crippen LogP contribution in [0.25, 0.3) is 0 Å². The third kappa shape index (κ3) is 4.95. The van der Waals surface area contributed by atoms with Crippen molar-refractivity contribution in [2.45, 2.75) is 20.3 Å². The molecule has 100 valence electrons. The van der Waals surface area contributed by atoms with Crippen LogP contribution < -0.4 is 0 Å². The number of hydrogen-bond donors (Lipinski definition) is 0. The van der Waals surface area contributed by atoms with E-state index in [-0.39, 0.29) is 11.6 Å². The zero-order valence-electron chi connectivity index (χ0n) is 11.0. The molecule has 19 heavy (non-hydrogen) atoms. The summed E-state index contributed by atoms with van der Waals surface area (Å²) in [5.74, 6) is -0.336. The molecule has 0 saturated heterocycles. The number of carbonyl (C=O) groups is 1. The normalized spacial score (nSPS) is 9.47. The number of Topliss-reactive ketones (excluding diaryl/α,β-unsaturated/α-hetero) is 1. The fraction of sp³-hybridized carbons (Fsp3) is 0.188. The van der Waals surface area contributed by atoms with Crippen molar-refractivity contribution >= 4 is 21.7 Å². The summed E-state index contributed by atoms with van der Waals surface area (Å²) in [7, 11) is 0. The molecule has 0 aliphatic heterocycles. The van der Waals surface area contributed by atoms with Crippen molar-refractivity contribution in [1.29, 1.82) is 0 Å². The van der Waals surface area contributed by atoms with E-state index in [9.17, 15) is 9.18 Å². The molecule has 0 aliphatic rings. The Balaban J connectivity index is 0.000000861. The van der Waals surface area contributed by atoms with E-state index in [1.54, 1.807) is 0 Å². The van der Waals surface area contributed by atoms with Gasteiger partial charge in [0.15, 0.2) is 5.78 Å². The number of rotatable bonds is 3. The van der Waals surface area contributed by atoms with Gasteiger partial charge in [-0.05, 0) is 42.0 Å². The van der Waals surface area contributed by atoms with Gasteiger partial charge in [-0.25, -0.2) is 4.39 Å². The summed E-state index contributed by atoms with van der Waals surface area (Å²) in [5.41, 5.74) is 1.48. The molecule has 0 heterocycles. The molecule has 0 unspecified atom stereocenters. The molecule has 0 fully saturated rings. The predicted molar refractivity (Wildman–Crippen MR) is 79.9 cm³/mol. The summed E-state index contributed by atoms with van der Waals surface area (Å²) < 4.78 is 13.7. The highest BCUT2D eigenvalue weighted by molar-refractivity contribution is 9.10. The number of ketones is 1. The van der Waals surface area contributed by atoms with E-state index in [2.05, 4.69) is 15.9 Å². The minimum atomic E-state index is -0.329. The molecule has 0 radical (unpaired) electrons. The highest BCUT2D eigenvalue weighted by atomic mass is 79.9. The quantitative estimate of drug-likeness (QED) is 0.723. The fourth-order valence-corrected chi connectivity index (χ4v) is 1.79. The first-order chi connectivity index (χ1) is 9.15. The third-order valence-corrected chi connectivity index (χ3v) is 2.97. The van der Waals surface area contributed by atoms with E-state index in [0.717, 1.165) is 10.0 Å². The van der Waals surface area contributed by atoms with E-state index in [1.165, 1.54) is 24.3 Å². The van der Waals surface area contributed by atoms with Gasteiger partial charge in [-0.2, -0.15) is 0 Å². The highest BCUT2D eigenvalue weighted by Gasteiger charge is 2.06. The Bertz CT molecular complexity index is 517. The lowest BCUT2D eigenvalue weighted by Crippen LogP contribution is -2.03. The first-order valence-corrected chi connectivity index (χ1v) is 6.97. The van der Waals surface area contributed by atoms with Crippen LogP contribution in [0.2, 0.25) is 0 Å². The molecule has 2 aromatic rings. The Morgan fingerprint density at radius 2 is 1.53 bits per heavy atom. The van der Waals surface area contributed by atoms with Crippen molar-refractivity contribution in [3.63, 3.8) is 0 Å². The van der Waals surface area contributed by atoms with Gasteiger partial charge < -0.3 is 0 Å². The average Bonchev–Trinajstić information content (AvgIpc) is 2.44. The van der Waals surface area contributed by atoms with Crippen LogP contribution in [0, 0.1) is 5.82 Å². The Hall–Kier alpha value is -1.48. The molecular weight excluding hydrogens is 307 g/mol. The van der Waals surface area contributed by atoms with Crippen LogP contribution in [0.3, 0.4) is 0 Å². The molecule has 2 rings (SSSR count). The summed E-state index contributed by atoms with van der Waals surface area (Å²) in [6.45, 7) is 4.00. The Labute approximate surface area is 121 Å². The summed E-state index contributed by atoms with van der Waals surface area (Å²) in [5, 5.41) is 0. The molecule has 0 bridgehead atoms. The fourth-order valence-electron chi connectivity index (χ4n) is 1.53. The van der Waals surface area contributed by atoms with Crippen LogP contribution in [0.4, 0.5) is 4.39 Å². The van der Waals surface area contributed by atoms with Gasteiger partial charge >= 0.3 is 0 Å². The maximum atomic E-state index is 12.7. The largest absolute Gasteiger partial charge is 0.294 e. The van der Waals surface area contributed by atoms with Gasteiger partial charge in [0, 0.05) is 16.5 Å². The highest BCUT2D eigenvalue weighted by Crippen LogP contribution is 2.13.